The summed E-state index contributed by atoms with van der Waals surface area (Å²) in [4.78, 5) is 33.2. The van der Waals surface area contributed by atoms with Crippen LogP contribution in [-0.4, -0.2) is 30.6 Å². The van der Waals surface area contributed by atoms with Crippen molar-refractivity contribution in [1.82, 2.24) is 5.32 Å². The number of carbonyl (C=O) groups excluding carboxylic acids is 3. The lowest BCUT2D eigenvalue weighted by Gasteiger charge is -2.12. The number of benzene rings is 1. The average molecular weight is 295 g/mol. The summed E-state index contributed by atoms with van der Waals surface area (Å²) in [5.74, 6) is -0.843. The van der Waals surface area contributed by atoms with Gasteiger partial charge in [-0.2, -0.15) is 0 Å². The summed E-state index contributed by atoms with van der Waals surface area (Å²) in [5, 5.41) is 1.81. The number of amides is 3. The summed E-state index contributed by atoms with van der Waals surface area (Å²) in [5.41, 5.74) is 10.9. The lowest BCUT2D eigenvalue weighted by molar-refractivity contribution is -0.154. The zero-order chi connectivity index (χ0) is 15.8. The smallest absolute Gasteiger partial charge is 0.318 e. The third-order valence-corrected chi connectivity index (χ3v) is 2.38. The van der Waals surface area contributed by atoms with Crippen LogP contribution >= 0.6 is 0 Å². The Balaban J connectivity index is 2.29. The summed E-state index contributed by atoms with van der Waals surface area (Å²) in [6.45, 7) is 1.42. The Bertz CT molecular complexity index is 515. The second-order valence-corrected chi connectivity index (χ2v) is 4.15. The third kappa shape index (κ3) is 6.28. The normalized spacial score (nSPS) is 11.3. The van der Waals surface area contributed by atoms with Gasteiger partial charge >= 0.3 is 12.0 Å². The Morgan fingerprint density at radius 3 is 2.43 bits per heavy atom. The molecule has 0 heterocycles. The van der Waals surface area contributed by atoms with E-state index in [0.717, 1.165) is 0 Å². The van der Waals surface area contributed by atoms with E-state index in [1.54, 1.807) is 24.3 Å². The maximum Gasteiger partial charge on any atom is 0.318 e. The van der Waals surface area contributed by atoms with Crippen molar-refractivity contribution in [2.24, 2.45) is 5.73 Å². The van der Waals surface area contributed by atoms with Gasteiger partial charge < -0.3 is 20.9 Å². The van der Waals surface area contributed by atoms with Crippen LogP contribution in [0.15, 0.2) is 24.3 Å². The summed E-state index contributed by atoms with van der Waals surface area (Å²) >= 11 is 0. The molecular weight excluding hydrogens is 278 g/mol. The maximum absolute atomic E-state index is 11.5. The number of urea groups is 1. The Morgan fingerprint density at radius 1 is 1.24 bits per heavy atom. The number of nitrogens with two attached hydrogens (primary N) is 2. The van der Waals surface area contributed by atoms with Crippen LogP contribution in [-0.2, 0) is 14.3 Å². The highest BCUT2D eigenvalue weighted by atomic mass is 16.5. The van der Waals surface area contributed by atoms with Crippen molar-refractivity contribution in [3.05, 3.63) is 24.3 Å². The number of hydrogen-bond acceptors (Lipinski definition) is 6. The number of nitrogens with one attached hydrogen (secondary N) is 1. The molecule has 8 heteroatoms. The van der Waals surface area contributed by atoms with E-state index in [9.17, 15) is 14.4 Å². The standard InChI is InChI=1S/C13H17N3O5/c1-8(12(18)16-13(15)19)21-11(17)6-7-20-10-4-2-9(14)3-5-10/h2-5,8H,6-7,14H2,1H3,(H3,15,16,18,19). The lowest BCUT2D eigenvalue weighted by atomic mass is 10.3. The maximum atomic E-state index is 11.5. The van der Waals surface area contributed by atoms with E-state index in [0.29, 0.717) is 11.4 Å². The van der Waals surface area contributed by atoms with Gasteiger partial charge in [0.15, 0.2) is 6.10 Å². The third-order valence-electron chi connectivity index (χ3n) is 2.38. The first-order chi connectivity index (χ1) is 9.88. The number of imide groups is 1. The van der Waals surface area contributed by atoms with Crippen LogP contribution in [0.2, 0.25) is 0 Å². The van der Waals surface area contributed by atoms with Gasteiger partial charge in [-0.1, -0.05) is 0 Å². The molecule has 1 rings (SSSR count). The van der Waals surface area contributed by atoms with Gasteiger partial charge in [-0.25, -0.2) is 4.79 Å². The molecule has 21 heavy (non-hydrogen) atoms. The van der Waals surface area contributed by atoms with Gasteiger partial charge in [0.25, 0.3) is 5.91 Å². The minimum atomic E-state index is -1.11. The summed E-state index contributed by atoms with van der Waals surface area (Å²) < 4.78 is 10.1. The Hall–Kier alpha value is -2.77. The molecule has 1 atom stereocenters. The lowest BCUT2D eigenvalue weighted by Crippen LogP contribution is -2.42. The molecule has 1 aromatic carbocycles. The van der Waals surface area contributed by atoms with Crippen LogP contribution in [0.4, 0.5) is 10.5 Å². The summed E-state index contributed by atoms with van der Waals surface area (Å²) in [6.07, 6.45) is -1.15. The Labute approximate surface area is 121 Å². The van der Waals surface area contributed by atoms with Crippen LogP contribution in [0, 0.1) is 0 Å². The van der Waals surface area contributed by atoms with E-state index >= 15 is 0 Å². The number of carbonyl (C=O) groups is 3. The number of anilines is 1. The fourth-order valence-electron chi connectivity index (χ4n) is 1.35. The van der Waals surface area contributed by atoms with Gasteiger partial charge in [0.05, 0.1) is 13.0 Å². The highest BCUT2D eigenvalue weighted by Gasteiger charge is 2.18. The first-order valence-electron chi connectivity index (χ1n) is 6.16. The van der Waals surface area contributed by atoms with Crippen LogP contribution in [0.25, 0.3) is 0 Å². The Kier molecular flexibility index (Phi) is 5.99. The molecule has 0 aliphatic carbocycles. The van der Waals surface area contributed by atoms with Crippen molar-refractivity contribution in [2.75, 3.05) is 12.3 Å². The minimum absolute atomic E-state index is 0.0431. The molecule has 1 unspecified atom stereocenters. The SMILES string of the molecule is CC(OC(=O)CCOc1ccc(N)cc1)C(=O)NC(N)=O. The fourth-order valence-corrected chi connectivity index (χ4v) is 1.35. The van der Waals surface area contributed by atoms with Gasteiger partial charge in [0, 0.05) is 5.69 Å². The van der Waals surface area contributed by atoms with Gasteiger partial charge in [-0.15, -0.1) is 0 Å². The largest absolute Gasteiger partial charge is 0.493 e. The number of hydrogen-bond donors (Lipinski definition) is 3. The van der Waals surface area contributed by atoms with Crippen molar-refractivity contribution in [3.8, 4) is 5.75 Å². The first kappa shape index (κ1) is 16.3. The fraction of sp³-hybridized carbons (Fsp3) is 0.308. The average Bonchev–Trinajstić information content (AvgIpc) is 2.40. The molecule has 0 aliphatic heterocycles. The van der Waals surface area contributed by atoms with Crippen molar-refractivity contribution in [2.45, 2.75) is 19.4 Å². The predicted molar refractivity (Wildman–Crippen MR) is 74.2 cm³/mol. The molecule has 114 valence electrons. The summed E-state index contributed by atoms with van der Waals surface area (Å²) in [7, 11) is 0. The van der Waals surface area contributed by atoms with E-state index in [-0.39, 0.29) is 13.0 Å². The van der Waals surface area contributed by atoms with E-state index in [1.807, 2.05) is 5.32 Å². The van der Waals surface area contributed by atoms with Crippen molar-refractivity contribution in [3.63, 3.8) is 0 Å². The molecule has 3 amide bonds. The van der Waals surface area contributed by atoms with Crippen LogP contribution in [0.3, 0.4) is 0 Å². The number of rotatable bonds is 6. The van der Waals surface area contributed by atoms with Gasteiger partial charge in [-0.3, -0.25) is 14.9 Å². The molecule has 5 N–H and O–H groups in total. The molecule has 0 fully saturated rings. The highest BCUT2D eigenvalue weighted by molar-refractivity contribution is 5.96. The van der Waals surface area contributed by atoms with Crippen LogP contribution < -0.4 is 21.5 Å². The van der Waals surface area contributed by atoms with Crippen molar-refractivity contribution in [1.29, 1.82) is 0 Å². The number of nitrogen functional groups attached to an aromatic ring is 1. The van der Waals surface area contributed by atoms with E-state index < -0.39 is 24.0 Å². The molecule has 0 saturated carbocycles. The zero-order valence-corrected chi connectivity index (χ0v) is 11.5. The molecule has 0 aliphatic rings. The predicted octanol–water partition coefficient (Wildman–Crippen LogP) is 0.164. The molecule has 0 saturated heterocycles. The van der Waals surface area contributed by atoms with Gasteiger partial charge in [0.2, 0.25) is 0 Å². The zero-order valence-electron chi connectivity index (χ0n) is 11.5. The van der Waals surface area contributed by atoms with Gasteiger partial charge in [0.1, 0.15) is 5.75 Å². The number of esters is 1. The van der Waals surface area contributed by atoms with Gasteiger partial charge in [-0.05, 0) is 31.2 Å². The molecule has 8 nitrogen and oxygen atoms in total. The molecule has 0 aromatic heterocycles. The van der Waals surface area contributed by atoms with Crippen molar-refractivity contribution >= 4 is 23.6 Å². The van der Waals surface area contributed by atoms with E-state index in [4.69, 9.17) is 20.9 Å². The minimum Gasteiger partial charge on any atom is -0.493 e. The monoisotopic (exact) mass is 295 g/mol. The second-order valence-electron chi connectivity index (χ2n) is 4.15. The molecule has 1 aromatic rings. The second kappa shape index (κ2) is 7.73. The topological polar surface area (TPSA) is 134 Å². The molecule has 0 bridgehead atoms. The molecule has 0 radical (unpaired) electrons. The Morgan fingerprint density at radius 2 is 1.86 bits per heavy atom. The number of primary amides is 1. The van der Waals surface area contributed by atoms with E-state index in [2.05, 4.69) is 0 Å². The van der Waals surface area contributed by atoms with Crippen molar-refractivity contribution < 1.29 is 23.9 Å². The van der Waals surface area contributed by atoms with E-state index in [1.165, 1.54) is 6.92 Å². The molecular formula is C13H17N3O5. The summed E-state index contributed by atoms with van der Waals surface area (Å²) in [6, 6.07) is 5.68. The van der Waals surface area contributed by atoms with Crippen LogP contribution in [0.1, 0.15) is 13.3 Å². The number of ether oxygens (including phenoxy) is 2. The quantitative estimate of drug-likeness (QED) is 0.505. The van der Waals surface area contributed by atoms with Crippen LogP contribution in [0.5, 0.6) is 5.75 Å². The molecule has 0 spiro atoms. The first-order valence-corrected chi connectivity index (χ1v) is 6.16. The highest BCUT2D eigenvalue weighted by Crippen LogP contribution is 2.13.